The standard InChI is InChI=1S/C22H24N4O3/c1-16-14-19(27)21(24-26(16)17-8-3-2-4-9-17)22(28)23-15-18(20-10-7-13-29-20)25-11-5-6-12-25/h2-4,7-10,13-14,18H,5-6,11-12,15H2,1H3,(H,23,28)/p+1/t18-/m0/s1. The second kappa shape index (κ2) is 8.45. The van der Waals surface area contributed by atoms with Gasteiger partial charge in [0.1, 0.15) is 0 Å². The molecule has 1 atom stereocenters. The molecule has 3 aromatic rings. The fraction of sp³-hybridized carbons (Fsp3) is 0.318. The van der Waals surface area contributed by atoms with Crippen LogP contribution in [0.4, 0.5) is 0 Å². The van der Waals surface area contributed by atoms with E-state index in [2.05, 4.69) is 10.4 Å². The number of amides is 1. The van der Waals surface area contributed by atoms with E-state index < -0.39 is 5.91 Å². The smallest absolute Gasteiger partial charge is 0.276 e. The second-order valence-electron chi connectivity index (χ2n) is 7.39. The number of likely N-dealkylation sites (tertiary alicyclic amines) is 1. The highest BCUT2D eigenvalue weighted by Gasteiger charge is 2.30. The molecular weight excluding hydrogens is 368 g/mol. The predicted octanol–water partition coefficient (Wildman–Crippen LogP) is 1.28. The molecular formula is C22H25N4O3+. The van der Waals surface area contributed by atoms with E-state index in [1.54, 1.807) is 17.9 Å². The van der Waals surface area contributed by atoms with Gasteiger partial charge in [0.05, 0.1) is 31.6 Å². The number of aromatic nitrogens is 2. The van der Waals surface area contributed by atoms with Crippen LogP contribution in [-0.4, -0.2) is 35.3 Å². The summed E-state index contributed by atoms with van der Waals surface area (Å²) in [6, 6.07) is 14.7. The number of nitrogens with one attached hydrogen (secondary N) is 2. The van der Waals surface area contributed by atoms with Gasteiger partial charge in [-0.2, -0.15) is 5.10 Å². The SMILES string of the molecule is Cc1cc(=O)c(C(=O)NC[C@@H](c2ccco2)[NH+]2CCCC2)nn1-c1ccccc1. The summed E-state index contributed by atoms with van der Waals surface area (Å²) in [6.07, 6.45) is 3.99. The molecule has 29 heavy (non-hydrogen) atoms. The second-order valence-corrected chi connectivity index (χ2v) is 7.39. The number of carbonyl (C=O) groups excluding carboxylic acids is 1. The molecule has 1 aliphatic heterocycles. The summed E-state index contributed by atoms with van der Waals surface area (Å²) < 4.78 is 7.23. The number of aryl methyl sites for hydroxylation is 1. The van der Waals surface area contributed by atoms with Crippen molar-refractivity contribution in [1.29, 1.82) is 0 Å². The molecule has 7 nitrogen and oxygen atoms in total. The first kappa shape index (κ1) is 19.1. The van der Waals surface area contributed by atoms with E-state index in [9.17, 15) is 9.59 Å². The zero-order valence-electron chi connectivity index (χ0n) is 16.4. The zero-order valence-corrected chi connectivity index (χ0v) is 16.4. The molecule has 1 aliphatic rings. The van der Waals surface area contributed by atoms with E-state index in [1.165, 1.54) is 23.8 Å². The van der Waals surface area contributed by atoms with Gasteiger partial charge in [0.25, 0.3) is 5.91 Å². The summed E-state index contributed by atoms with van der Waals surface area (Å²) in [5, 5.41) is 7.25. The van der Waals surface area contributed by atoms with Crippen molar-refractivity contribution in [3.8, 4) is 5.69 Å². The molecule has 150 valence electrons. The Labute approximate surface area is 169 Å². The lowest BCUT2D eigenvalue weighted by molar-refractivity contribution is -0.919. The van der Waals surface area contributed by atoms with Crippen molar-refractivity contribution in [2.45, 2.75) is 25.8 Å². The third-order valence-corrected chi connectivity index (χ3v) is 5.42. The molecule has 0 radical (unpaired) electrons. The highest BCUT2D eigenvalue weighted by Crippen LogP contribution is 2.12. The van der Waals surface area contributed by atoms with Gasteiger partial charge in [-0.05, 0) is 31.2 Å². The molecule has 7 heteroatoms. The minimum Gasteiger partial charge on any atom is -0.463 e. The number of rotatable bonds is 6. The monoisotopic (exact) mass is 393 g/mol. The van der Waals surface area contributed by atoms with Crippen LogP contribution in [0.3, 0.4) is 0 Å². The number of quaternary nitrogens is 1. The van der Waals surface area contributed by atoms with Crippen LogP contribution >= 0.6 is 0 Å². The van der Waals surface area contributed by atoms with Crippen molar-refractivity contribution in [2.24, 2.45) is 0 Å². The average molecular weight is 393 g/mol. The fourth-order valence-electron chi connectivity index (χ4n) is 3.93. The Kier molecular flexibility index (Phi) is 5.57. The van der Waals surface area contributed by atoms with E-state index in [0.717, 1.165) is 24.5 Å². The van der Waals surface area contributed by atoms with E-state index in [4.69, 9.17) is 4.42 Å². The minimum absolute atomic E-state index is 0.0262. The third-order valence-electron chi connectivity index (χ3n) is 5.42. The van der Waals surface area contributed by atoms with Gasteiger partial charge in [0, 0.05) is 24.6 Å². The topological polar surface area (TPSA) is 81.6 Å². The maximum absolute atomic E-state index is 12.8. The molecule has 0 spiro atoms. The Morgan fingerprint density at radius 3 is 2.66 bits per heavy atom. The molecule has 4 rings (SSSR count). The lowest BCUT2D eigenvalue weighted by Crippen LogP contribution is -3.11. The van der Waals surface area contributed by atoms with E-state index in [0.29, 0.717) is 12.2 Å². The summed E-state index contributed by atoms with van der Waals surface area (Å²) in [5.41, 5.74) is 0.992. The summed E-state index contributed by atoms with van der Waals surface area (Å²) in [5.74, 6) is 0.385. The van der Waals surface area contributed by atoms with Crippen molar-refractivity contribution in [2.75, 3.05) is 19.6 Å². The van der Waals surface area contributed by atoms with E-state index >= 15 is 0 Å². The van der Waals surface area contributed by atoms with Crippen molar-refractivity contribution in [3.63, 3.8) is 0 Å². The summed E-state index contributed by atoms with van der Waals surface area (Å²) in [7, 11) is 0. The highest BCUT2D eigenvalue weighted by molar-refractivity contribution is 5.92. The van der Waals surface area contributed by atoms with Crippen LogP contribution < -0.4 is 15.6 Å². The number of carbonyl (C=O) groups is 1. The summed E-state index contributed by atoms with van der Waals surface area (Å²) in [6.45, 7) is 4.28. The molecule has 2 N–H and O–H groups in total. The van der Waals surface area contributed by atoms with E-state index in [1.807, 2.05) is 42.5 Å². The number of hydrogen-bond donors (Lipinski definition) is 2. The lowest BCUT2D eigenvalue weighted by Gasteiger charge is -2.23. The van der Waals surface area contributed by atoms with Crippen LogP contribution in [0.25, 0.3) is 5.69 Å². The first-order valence-electron chi connectivity index (χ1n) is 9.96. The molecule has 1 saturated heterocycles. The molecule has 0 unspecified atom stereocenters. The number of hydrogen-bond acceptors (Lipinski definition) is 4. The van der Waals surface area contributed by atoms with Gasteiger partial charge < -0.3 is 14.6 Å². The number of furan rings is 1. The first-order chi connectivity index (χ1) is 14.1. The van der Waals surface area contributed by atoms with Crippen LogP contribution in [0.5, 0.6) is 0 Å². The molecule has 0 saturated carbocycles. The van der Waals surface area contributed by atoms with Crippen molar-refractivity contribution in [1.82, 2.24) is 15.1 Å². The maximum Gasteiger partial charge on any atom is 0.276 e. The molecule has 0 bridgehead atoms. The molecule has 3 heterocycles. The number of benzene rings is 1. The average Bonchev–Trinajstić information content (AvgIpc) is 3.44. The van der Waals surface area contributed by atoms with Gasteiger partial charge >= 0.3 is 0 Å². The molecule has 1 fully saturated rings. The van der Waals surface area contributed by atoms with Gasteiger partial charge in [0.15, 0.2) is 17.5 Å². The van der Waals surface area contributed by atoms with Gasteiger partial charge in [-0.15, -0.1) is 0 Å². The quantitative estimate of drug-likeness (QED) is 0.661. The predicted molar refractivity (Wildman–Crippen MR) is 108 cm³/mol. The normalized spacial score (nSPS) is 15.3. The molecule has 0 aliphatic carbocycles. The summed E-state index contributed by atoms with van der Waals surface area (Å²) in [4.78, 5) is 26.6. The lowest BCUT2D eigenvalue weighted by atomic mass is 10.2. The largest absolute Gasteiger partial charge is 0.463 e. The van der Waals surface area contributed by atoms with Crippen LogP contribution in [0.2, 0.25) is 0 Å². The zero-order chi connectivity index (χ0) is 20.2. The minimum atomic E-state index is -0.463. The van der Waals surface area contributed by atoms with Crippen molar-refractivity contribution in [3.05, 3.63) is 82.2 Å². The first-order valence-corrected chi connectivity index (χ1v) is 9.96. The van der Waals surface area contributed by atoms with E-state index in [-0.39, 0.29) is 17.2 Å². The maximum atomic E-state index is 12.8. The molecule has 1 aromatic carbocycles. The van der Waals surface area contributed by atoms with Crippen molar-refractivity contribution < 1.29 is 14.1 Å². The number of nitrogens with zero attached hydrogens (tertiary/aromatic N) is 2. The molecule has 2 aromatic heterocycles. The summed E-state index contributed by atoms with van der Waals surface area (Å²) >= 11 is 0. The Morgan fingerprint density at radius 1 is 1.21 bits per heavy atom. The van der Waals surface area contributed by atoms with Crippen molar-refractivity contribution >= 4 is 5.91 Å². The van der Waals surface area contributed by atoms with Crippen LogP contribution in [-0.2, 0) is 0 Å². The van der Waals surface area contributed by atoms with Gasteiger partial charge in [-0.1, -0.05) is 18.2 Å². The third kappa shape index (κ3) is 4.14. The Bertz CT molecular complexity index is 1020. The molecule has 1 amide bonds. The van der Waals surface area contributed by atoms with Gasteiger partial charge in [-0.3, -0.25) is 9.59 Å². The van der Waals surface area contributed by atoms with Crippen LogP contribution in [0.1, 0.15) is 40.8 Å². The van der Waals surface area contributed by atoms with Gasteiger partial charge in [0.2, 0.25) is 5.43 Å². The Balaban J connectivity index is 1.55. The number of para-hydroxylation sites is 1. The fourth-order valence-corrected chi connectivity index (χ4v) is 3.93. The van der Waals surface area contributed by atoms with Crippen LogP contribution in [0.15, 0.2) is 64.0 Å². The highest BCUT2D eigenvalue weighted by atomic mass is 16.3. The van der Waals surface area contributed by atoms with Crippen LogP contribution in [0, 0.1) is 6.92 Å². The Hall–Kier alpha value is -3.19. The Morgan fingerprint density at radius 2 is 1.97 bits per heavy atom. The van der Waals surface area contributed by atoms with Gasteiger partial charge in [-0.25, -0.2) is 4.68 Å².